The number of fused-ring (bicyclic) bond motifs is 1. The van der Waals surface area contributed by atoms with Gasteiger partial charge in [0.05, 0.1) is 6.54 Å². The fourth-order valence-electron chi connectivity index (χ4n) is 3.27. The second-order valence-electron chi connectivity index (χ2n) is 6.34. The van der Waals surface area contributed by atoms with Gasteiger partial charge in [-0.15, -0.1) is 11.8 Å². The van der Waals surface area contributed by atoms with Crippen molar-refractivity contribution in [3.05, 3.63) is 86.1 Å². The molecular weight excluding hydrogens is 410 g/mol. The zero-order valence-corrected chi connectivity index (χ0v) is 16.6. The van der Waals surface area contributed by atoms with E-state index >= 15 is 0 Å². The summed E-state index contributed by atoms with van der Waals surface area (Å²) in [5.74, 6) is 0.820. The highest BCUT2D eigenvalue weighted by Gasteiger charge is 2.22. The van der Waals surface area contributed by atoms with Gasteiger partial charge in [0, 0.05) is 33.9 Å². The quantitative estimate of drug-likeness (QED) is 0.451. The molecule has 0 atom stereocenters. The van der Waals surface area contributed by atoms with Crippen molar-refractivity contribution in [2.24, 2.45) is 0 Å². The Bertz CT molecular complexity index is 971. The molecule has 2 heterocycles. The first-order valence-electron chi connectivity index (χ1n) is 8.59. The number of halogens is 1. The Morgan fingerprint density at radius 3 is 2.58 bits per heavy atom. The van der Waals surface area contributed by atoms with Crippen LogP contribution < -0.4 is 5.69 Å². The number of pyridine rings is 1. The summed E-state index contributed by atoms with van der Waals surface area (Å²) >= 11 is 5.12. The van der Waals surface area contributed by atoms with Gasteiger partial charge in [-0.3, -0.25) is 9.55 Å². The summed E-state index contributed by atoms with van der Waals surface area (Å²) in [4.78, 5) is 21.1. The van der Waals surface area contributed by atoms with Crippen LogP contribution in [-0.4, -0.2) is 14.5 Å². The third-order valence-electron chi connectivity index (χ3n) is 4.58. The zero-order chi connectivity index (χ0) is 17.9. The molecular formula is C20H18BrN3OS. The van der Waals surface area contributed by atoms with Crippen molar-refractivity contribution in [1.29, 1.82) is 0 Å². The lowest BCUT2D eigenvalue weighted by molar-refractivity contribution is 0.666. The molecule has 1 aromatic carbocycles. The fraction of sp³-hybridized carbons (Fsp3) is 0.250. The monoisotopic (exact) mass is 427 g/mol. The average molecular weight is 428 g/mol. The summed E-state index contributed by atoms with van der Waals surface area (Å²) in [6.07, 6.45) is 6.56. The number of hydrogen-bond acceptors (Lipinski definition) is 4. The van der Waals surface area contributed by atoms with E-state index in [0.717, 1.165) is 45.8 Å². The molecule has 0 amide bonds. The molecule has 0 saturated carbocycles. The van der Waals surface area contributed by atoms with Crippen molar-refractivity contribution < 1.29 is 0 Å². The largest absolute Gasteiger partial charge is 0.349 e. The van der Waals surface area contributed by atoms with Gasteiger partial charge >= 0.3 is 5.69 Å². The second kappa shape index (κ2) is 7.76. The summed E-state index contributed by atoms with van der Waals surface area (Å²) in [5, 5.41) is 0.899. The molecule has 3 aromatic rings. The van der Waals surface area contributed by atoms with Crippen LogP contribution in [0.1, 0.15) is 28.8 Å². The van der Waals surface area contributed by atoms with Crippen molar-refractivity contribution in [3.8, 4) is 0 Å². The lowest BCUT2D eigenvalue weighted by Gasteiger charge is -2.14. The van der Waals surface area contributed by atoms with Gasteiger partial charge in [0.15, 0.2) is 0 Å². The lowest BCUT2D eigenvalue weighted by Crippen LogP contribution is -2.27. The first kappa shape index (κ1) is 17.5. The smallest absolute Gasteiger partial charge is 0.292 e. The fourth-order valence-corrected chi connectivity index (χ4v) is 4.57. The number of rotatable bonds is 5. The maximum absolute atomic E-state index is 12.7. The summed E-state index contributed by atoms with van der Waals surface area (Å²) in [6, 6.07) is 12.2. The predicted octanol–water partition coefficient (Wildman–Crippen LogP) is 4.23. The van der Waals surface area contributed by atoms with Gasteiger partial charge in [0.25, 0.3) is 0 Å². The maximum atomic E-state index is 12.7. The van der Waals surface area contributed by atoms with E-state index in [0.29, 0.717) is 6.54 Å². The van der Waals surface area contributed by atoms with Gasteiger partial charge in [0.2, 0.25) is 0 Å². The molecule has 132 valence electrons. The van der Waals surface area contributed by atoms with Crippen LogP contribution in [0.5, 0.6) is 0 Å². The van der Waals surface area contributed by atoms with Crippen LogP contribution in [0.25, 0.3) is 0 Å². The minimum absolute atomic E-state index is 0.152. The first-order chi connectivity index (χ1) is 12.7. The molecule has 1 aliphatic rings. The molecule has 0 unspecified atom stereocenters. The second-order valence-corrected chi connectivity index (χ2v) is 8.21. The van der Waals surface area contributed by atoms with Crippen LogP contribution >= 0.6 is 27.7 Å². The van der Waals surface area contributed by atoms with E-state index in [1.165, 1.54) is 11.1 Å². The molecule has 0 fully saturated rings. The van der Waals surface area contributed by atoms with E-state index in [2.05, 4.69) is 38.0 Å². The van der Waals surface area contributed by atoms with Crippen molar-refractivity contribution in [1.82, 2.24) is 14.5 Å². The first-order valence-corrected chi connectivity index (χ1v) is 10.4. The Morgan fingerprint density at radius 2 is 1.81 bits per heavy atom. The number of aromatic nitrogens is 3. The maximum Gasteiger partial charge on any atom is 0.349 e. The van der Waals surface area contributed by atoms with E-state index in [1.807, 2.05) is 28.8 Å². The number of benzene rings is 1. The van der Waals surface area contributed by atoms with Crippen LogP contribution in [0, 0.1) is 0 Å². The van der Waals surface area contributed by atoms with Crippen molar-refractivity contribution in [2.45, 2.75) is 36.6 Å². The van der Waals surface area contributed by atoms with E-state index in [4.69, 9.17) is 0 Å². The van der Waals surface area contributed by atoms with Crippen LogP contribution in [0.2, 0.25) is 0 Å². The normalized spacial score (nSPS) is 13.0. The van der Waals surface area contributed by atoms with Crippen molar-refractivity contribution in [3.63, 3.8) is 0 Å². The van der Waals surface area contributed by atoms with Crippen molar-refractivity contribution in [2.75, 3.05) is 0 Å². The highest BCUT2D eigenvalue weighted by molar-refractivity contribution is 9.10. The van der Waals surface area contributed by atoms with Crippen LogP contribution in [-0.2, 0) is 25.1 Å². The van der Waals surface area contributed by atoms with Crippen LogP contribution in [0.3, 0.4) is 0 Å². The lowest BCUT2D eigenvalue weighted by atomic mass is 10.2. The SMILES string of the molecule is O=c1nc(SCc2ccc(Br)cc2)c2c(n1Cc1ccncc1)CCC2. The van der Waals surface area contributed by atoms with Gasteiger partial charge in [0.1, 0.15) is 5.03 Å². The Kier molecular flexibility index (Phi) is 5.22. The molecule has 6 heteroatoms. The highest BCUT2D eigenvalue weighted by atomic mass is 79.9. The minimum Gasteiger partial charge on any atom is -0.292 e. The molecule has 0 radical (unpaired) electrons. The molecule has 0 N–H and O–H groups in total. The molecule has 0 aliphatic heterocycles. The number of thioether (sulfide) groups is 1. The molecule has 26 heavy (non-hydrogen) atoms. The molecule has 2 aromatic heterocycles. The highest BCUT2D eigenvalue weighted by Crippen LogP contribution is 2.31. The Hall–Kier alpha value is -1.92. The summed E-state index contributed by atoms with van der Waals surface area (Å²) in [7, 11) is 0. The van der Waals surface area contributed by atoms with E-state index in [1.54, 1.807) is 24.2 Å². The third kappa shape index (κ3) is 3.76. The van der Waals surface area contributed by atoms with Crippen molar-refractivity contribution >= 4 is 27.7 Å². The number of nitrogens with zero attached hydrogens (tertiary/aromatic N) is 3. The predicted molar refractivity (Wildman–Crippen MR) is 108 cm³/mol. The molecule has 4 nitrogen and oxygen atoms in total. The van der Waals surface area contributed by atoms with E-state index in [9.17, 15) is 4.79 Å². The molecule has 1 aliphatic carbocycles. The Balaban J connectivity index is 1.61. The standard InChI is InChI=1S/C20H18BrN3OS/c21-16-6-4-15(5-7-16)13-26-19-17-2-1-3-18(17)24(20(25)23-19)12-14-8-10-22-11-9-14/h4-11H,1-3,12-13H2. The molecule has 4 rings (SSSR count). The van der Waals surface area contributed by atoms with E-state index < -0.39 is 0 Å². The average Bonchev–Trinajstić information content (AvgIpc) is 3.15. The molecule has 0 saturated heterocycles. The van der Waals surface area contributed by atoms with Gasteiger partial charge in [-0.05, 0) is 54.7 Å². The summed E-state index contributed by atoms with van der Waals surface area (Å²) in [5.41, 5.74) is 4.56. The van der Waals surface area contributed by atoms with Gasteiger partial charge in [-0.2, -0.15) is 4.98 Å². The van der Waals surface area contributed by atoms with Crippen LogP contribution in [0.15, 0.2) is 63.1 Å². The zero-order valence-electron chi connectivity index (χ0n) is 14.2. The van der Waals surface area contributed by atoms with Gasteiger partial charge in [-0.25, -0.2) is 4.79 Å². The summed E-state index contributed by atoms with van der Waals surface area (Å²) in [6.45, 7) is 0.564. The molecule has 0 spiro atoms. The topological polar surface area (TPSA) is 47.8 Å². The van der Waals surface area contributed by atoms with Gasteiger partial charge in [-0.1, -0.05) is 28.1 Å². The Morgan fingerprint density at radius 1 is 1.04 bits per heavy atom. The number of hydrogen-bond donors (Lipinski definition) is 0. The minimum atomic E-state index is -0.152. The van der Waals surface area contributed by atoms with Crippen LogP contribution in [0.4, 0.5) is 0 Å². The van der Waals surface area contributed by atoms with E-state index in [-0.39, 0.29) is 5.69 Å². The van der Waals surface area contributed by atoms with Gasteiger partial charge < -0.3 is 0 Å². The summed E-state index contributed by atoms with van der Waals surface area (Å²) < 4.78 is 2.91. The Labute approximate surface area is 164 Å². The molecule has 0 bridgehead atoms. The third-order valence-corrected chi connectivity index (χ3v) is 6.20.